The molecule has 0 radical (unpaired) electrons. The largest absolute Gasteiger partial charge is 0.481 e. The predicted octanol–water partition coefficient (Wildman–Crippen LogP) is 3.97. The normalized spacial score (nSPS) is 23.9. The first kappa shape index (κ1) is 13.1. The molecule has 18 heavy (non-hydrogen) atoms. The number of benzene rings is 1. The summed E-state index contributed by atoms with van der Waals surface area (Å²) in [5.41, 5.74) is 5.48. The number of rotatable bonds is 2. The van der Waals surface area contributed by atoms with E-state index in [2.05, 4.69) is 32.9 Å². The van der Waals surface area contributed by atoms with Crippen LogP contribution in [0.4, 0.5) is 0 Å². The molecule has 1 aliphatic carbocycles. The third-order valence-electron chi connectivity index (χ3n) is 4.40. The molecule has 2 rings (SSSR count). The van der Waals surface area contributed by atoms with Crippen molar-refractivity contribution in [2.24, 2.45) is 5.92 Å². The van der Waals surface area contributed by atoms with Gasteiger partial charge in [-0.15, -0.1) is 0 Å². The molecule has 0 amide bonds. The van der Waals surface area contributed by atoms with Gasteiger partial charge in [0.05, 0.1) is 5.92 Å². The smallest absolute Gasteiger partial charge is 0.306 e. The van der Waals surface area contributed by atoms with Gasteiger partial charge in [-0.1, -0.05) is 12.1 Å². The van der Waals surface area contributed by atoms with E-state index in [1.165, 1.54) is 22.3 Å². The lowest BCUT2D eigenvalue weighted by Crippen LogP contribution is -2.21. The highest BCUT2D eigenvalue weighted by atomic mass is 16.4. The second-order valence-corrected chi connectivity index (χ2v) is 5.68. The van der Waals surface area contributed by atoms with Gasteiger partial charge in [0.2, 0.25) is 0 Å². The molecule has 1 aromatic carbocycles. The Bertz CT molecular complexity index is 454. The van der Waals surface area contributed by atoms with Crippen molar-refractivity contribution in [1.29, 1.82) is 0 Å². The van der Waals surface area contributed by atoms with Gasteiger partial charge in [0, 0.05) is 0 Å². The standard InChI is InChI=1S/C16H22O2/c1-10-8-12(3)15(9-11(10)2)13-4-6-14(7-5-13)16(17)18/h8-9,13-14H,4-7H2,1-3H3,(H,17,18). The van der Waals surface area contributed by atoms with Gasteiger partial charge in [-0.05, 0) is 74.6 Å². The Morgan fingerprint density at radius 3 is 2.11 bits per heavy atom. The Morgan fingerprint density at radius 1 is 1.00 bits per heavy atom. The van der Waals surface area contributed by atoms with Crippen molar-refractivity contribution < 1.29 is 9.90 Å². The van der Waals surface area contributed by atoms with Gasteiger partial charge in [-0.3, -0.25) is 4.79 Å². The number of carboxylic acid groups (broad SMARTS) is 1. The monoisotopic (exact) mass is 246 g/mol. The van der Waals surface area contributed by atoms with Crippen molar-refractivity contribution in [3.05, 3.63) is 34.4 Å². The summed E-state index contributed by atoms with van der Waals surface area (Å²) >= 11 is 0. The highest BCUT2D eigenvalue weighted by molar-refractivity contribution is 5.70. The van der Waals surface area contributed by atoms with Gasteiger partial charge in [-0.2, -0.15) is 0 Å². The number of aryl methyl sites for hydroxylation is 3. The maximum atomic E-state index is 11.0. The molecule has 2 nitrogen and oxygen atoms in total. The minimum absolute atomic E-state index is 0.117. The lowest BCUT2D eigenvalue weighted by molar-refractivity contribution is -0.142. The van der Waals surface area contributed by atoms with Crippen LogP contribution in [-0.2, 0) is 4.79 Å². The average molecular weight is 246 g/mol. The van der Waals surface area contributed by atoms with Crippen LogP contribution >= 0.6 is 0 Å². The Labute approximate surface area is 109 Å². The molecular weight excluding hydrogens is 224 g/mol. The summed E-state index contributed by atoms with van der Waals surface area (Å²) in [6.07, 6.45) is 3.68. The molecule has 98 valence electrons. The molecule has 1 saturated carbocycles. The Morgan fingerprint density at radius 2 is 1.56 bits per heavy atom. The van der Waals surface area contributed by atoms with Crippen LogP contribution in [0.1, 0.15) is 53.9 Å². The van der Waals surface area contributed by atoms with Crippen LogP contribution in [0.15, 0.2) is 12.1 Å². The molecule has 0 aliphatic heterocycles. The molecule has 1 fully saturated rings. The highest BCUT2D eigenvalue weighted by Crippen LogP contribution is 2.37. The van der Waals surface area contributed by atoms with Gasteiger partial charge < -0.3 is 5.11 Å². The van der Waals surface area contributed by atoms with Crippen molar-refractivity contribution in [3.8, 4) is 0 Å². The van der Waals surface area contributed by atoms with E-state index < -0.39 is 5.97 Å². The van der Waals surface area contributed by atoms with E-state index >= 15 is 0 Å². The predicted molar refractivity (Wildman–Crippen MR) is 73.0 cm³/mol. The fourth-order valence-corrected chi connectivity index (χ4v) is 3.07. The van der Waals surface area contributed by atoms with Crippen molar-refractivity contribution in [1.82, 2.24) is 0 Å². The first-order valence-electron chi connectivity index (χ1n) is 6.79. The number of carboxylic acids is 1. The summed E-state index contributed by atoms with van der Waals surface area (Å²) in [4.78, 5) is 11.0. The van der Waals surface area contributed by atoms with E-state index in [9.17, 15) is 4.79 Å². The summed E-state index contributed by atoms with van der Waals surface area (Å²) in [6, 6.07) is 4.56. The molecule has 1 aromatic rings. The number of hydrogen-bond acceptors (Lipinski definition) is 1. The molecular formula is C16H22O2. The van der Waals surface area contributed by atoms with Crippen LogP contribution in [0.3, 0.4) is 0 Å². The summed E-state index contributed by atoms with van der Waals surface area (Å²) < 4.78 is 0. The van der Waals surface area contributed by atoms with Crippen molar-refractivity contribution in [3.63, 3.8) is 0 Å². The minimum Gasteiger partial charge on any atom is -0.481 e. The van der Waals surface area contributed by atoms with E-state index in [-0.39, 0.29) is 5.92 Å². The summed E-state index contributed by atoms with van der Waals surface area (Å²) in [5.74, 6) is -0.182. The summed E-state index contributed by atoms with van der Waals surface area (Å²) in [7, 11) is 0. The van der Waals surface area contributed by atoms with Gasteiger partial charge in [0.15, 0.2) is 0 Å². The molecule has 0 unspecified atom stereocenters. The van der Waals surface area contributed by atoms with Crippen LogP contribution in [0.5, 0.6) is 0 Å². The fourth-order valence-electron chi connectivity index (χ4n) is 3.07. The van der Waals surface area contributed by atoms with E-state index in [1.54, 1.807) is 0 Å². The lowest BCUT2D eigenvalue weighted by atomic mass is 9.77. The summed E-state index contributed by atoms with van der Waals surface area (Å²) in [5, 5.41) is 9.03. The topological polar surface area (TPSA) is 37.3 Å². The first-order valence-corrected chi connectivity index (χ1v) is 6.79. The molecule has 2 heteroatoms. The van der Waals surface area contributed by atoms with Gasteiger partial charge >= 0.3 is 5.97 Å². The lowest BCUT2D eigenvalue weighted by Gasteiger charge is -2.28. The molecule has 0 atom stereocenters. The quantitative estimate of drug-likeness (QED) is 0.857. The Kier molecular flexibility index (Phi) is 3.74. The SMILES string of the molecule is Cc1cc(C)c(C2CCC(C(=O)O)CC2)cc1C. The van der Waals surface area contributed by atoms with Crippen LogP contribution in [0, 0.1) is 26.7 Å². The summed E-state index contributed by atoms with van der Waals surface area (Å²) in [6.45, 7) is 6.47. The van der Waals surface area contributed by atoms with Gasteiger partial charge in [0.25, 0.3) is 0 Å². The number of aliphatic carboxylic acids is 1. The Hall–Kier alpha value is -1.31. The van der Waals surface area contributed by atoms with E-state index in [1.807, 2.05) is 0 Å². The van der Waals surface area contributed by atoms with Crippen molar-refractivity contribution >= 4 is 5.97 Å². The zero-order valence-electron chi connectivity index (χ0n) is 11.5. The van der Waals surface area contributed by atoms with Gasteiger partial charge in [-0.25, -0.2) is 0 Å². The van der Waals surface area contributed by atoms with Crippen LogP contribution in [0.25, 0.3) is 0 Å². The fraction of sp³-hybridized carbons (Fsp3) is 0.562. The average Bonchev–Trinajstić information content (AvgIpc) is 2.34. The third kappa shape index (κ3) is 2.58. The van der Waals surface area contributed by atoms with E-state index in [0.29, 0.717) is 5.92 Å². The van der Waals surface area contributed by atoms with Crippen LogP contribution in [-0.4, -0.2) is 11.1 Å². The third-order valence-corrected chi connectivity index (χ3v) is 4.40. The maximum absolute atomic E-state index is 11.0. The minimum atomic E-state index is -0.620. The maximum Gasteiger partial charge on any atom is 0.306 e. The molecule has 0 spiro atoms. The molecule has 0 bridgehead atoms. The van der Waals surface area contributed by atoms with Crippen molar-refractivity contribution in [2.75, 3.05) is 0 Å². The van der Waals surface area contributed by atoms with Crippen LogP contribution < -0.4 is 0 Å². The highest BCUT2D eigenvalue weighted by Gasteiger charge is 2.27. The molecule has 1 N–H and O–H groups in total. The molecule has 0 aromatic heterocycles. The molecule has 1 aliphatic rings. The van der Waals surface area contributed by atoms with Crippen molar-refractivity contribution in [2.45, 2.75) is 52.4 Å². The number of carbonyl (C=O) groups is 1. The van der Waals surface area contributed by atoms with E-state index in [0.717, 1.165) is 25.7 Å². The number of hydrogen-bond donors (Lipinski definition) is 1. The molecule has 0 saturated heterocycles. The zero-order valence-corrected chi connectivity index (χ0v) is 11.5. The zero-order chi connectivity index (χ0) is 13.3. The Balaban J connectivity index is 2.15. The van der Waals surface area contributed by atoms with Crippen LogP contribution in [0.2, 0.25) is 0 Å². The van der Waals surface area contributed by atoms with E-state index in [4.69, 9.17) is 5.11 Å². The second-order valence-electron chi connectivity index (χ2n) is 5.68. The first-order chi connectivity index (χ1) is 8.49. The molecule has 0 heterocycles. The second kappa shape index (κ2) is 5.13. The van der Waals surface area contributed by atoms with Gasteiger partial charge in [0.1, 0.15) is 0 Å².